The fourth-order valence-corrected chi connectivity index (χ4v) is 2.44. The summed E-state index contributed by atoms with van der Waals surface area (Å²) in [7, 11) is 0. The highest BCUT2D eigenvalue weighted by molar-refractivity contribution is 6.43. The second kappa shape index (κ2) is 4.88. The zero-order chi connectivity index (χ0) is 12.5. The number of halogens is 2. The minimum Gasteiger partial charge on any atom is -0.334 e. The SMILES string of the molecule is Clc1cccc(-c2nc(C3CCCN3)no2)c1Cl. The molecule has 3 rings (SSSR count). The van der Waals surface area contributed by atoms with Crippen LogP contribution in [0.25, 0.3) is 11.5 Å². The monoisotopic (exact) mass is 283 g/mol. The van der Waals surface area contributed by atoms with Crippen LogP contribution in [0.3, 0.4) is 0 Å². The summed E-state index contributed by atoms with van der Waals surface area (Å²) in [5.41, 5.74) is 0.668. The molecule has 1 saturated heterocycles. The van der Waals surface area contributed by atoms with E-state index >= 15 is 0 Å². The van der Waals surface area contributed by atoms with Crippen molar-refractivity contribution in [3.8, 4) is 11.5 Å². The summed E-state index contributed by atoms with van der Waals surface area (Å²) in [5.74, 6) is 1.09. The highest BCUT2D eigenvalue weighted by Crippen LogP contribution is 2.33. The normalized spacial score (nSPS) is 19.3. The van der Waals surface area contributed by atoms with E-state index in [4.69, 9.17) is 27.7 Å². The average molecular weight is 284 g/mol. The van der Waals surface area contributed by atoms with Crippen LogP contribution in [0, 0.1) is 0 Å². The van der Waals surface area contributed by atoms with E-state index in [0.29, 0.717) is 27.3 Å². The number of nitrogens with one attached hydrogen (secondary N) is 1. The third kappa shape index (κ3) is 2.11. The molecule has 1 unspecified atom stereocenters. The van der Waals surface area contributed by atoms with Crippen LogP contribution >= 0.6 is 23.2 Å². The van der Waals surface area contributed by atoms with E-state index in [1.165, 1.54) is 0 Å². The van der Waals surface area contributed by atoms with Crippen LogP contribution in [-0.2, 0) is 0 Å². The van der Waals surface area contributed by atoms with E-state index in [1.54, 1.807) is 12.1 Å². The van der Waals surface area contributed by atoms with Crippen LogP contribution in [0.5, 0.6) is 0 Å². The number of aromatic nitrogens is 2. The van der Waals surface area contributed by atoms with E-state index in [2.05, 4.69) is 15.5 Å². The molecule has 94 valence electrons. The maximum absolute atomic E-state index is 6.12. The standard InChI is InChI=1S/C12H11Cl2N3O/c13-8-4-1-3-7(10(8)14)12-16-11(17-18-12)9-5-2-6-15-9/h1,3-4,9,15H,2,5-6H2. The smallest absolute Gasteiger partial charge is 0.259 e. The molecule has 2 aromatic rings. The summed E-state index contributed by atoms with van der Waals surface area (Å²) in [6, 6.07) is 5.53. The molecular formula is C12H11Cl2N3O. The first-order valence-electron chi connectivity index (χ1n) is 5.77. The molecule has 0 saturated carbocycles. The van der Waals surface area contributed by atoms with Crippen molar-refractivity contribution in [3.63, 3.8) is 0 Å². The van der Waals surface area contributed by atoms with Crippen molar-refractivity contribution in [2.24, 2.45) is 0 Å². The molecule has 4 nitrogen and oxygen atoms in total. The Morgan fingerprint density at radius 2 is 2.22 bits per heavy atom. The molecule has 0 spiro atoms. The van der Waals surface area contributed by atoms with Gasteiger partial charge in [-0.05, 0) is 31.5 Å². The Morgan fingerprint density at radius 1 is 1.33 bits per heavy atom. The fraction of sp³-hybridized carbons (Fsp3) is 0.333. The molecule has 0 bridgehead atoms. The topological polar surface area (TPSA) is 51.0 Å². The van der Waals surface area contributed by atoms with Gasteiger partial charge >= 0.3 is 0 Å². The van der Waals surface area contributed by atoms with E-state index in [-0.39, 0.29) is 6.04 Å². The van der Waals surface area contributed by atoms with Crippen LogP contribution < -0.4 is 5.32 Å². The van der Waals surface area contributed by atoms with E-state index in [9.17, 15) is 0 Å². The average Bonchev–Trinajstić information content (AvgIpc) is 3.01. The lowest BCUT2D eigenvalue weighted by Gasteiger charge is -2.02. The Labute approximate surface area is 114 Å². The minimum atomic E-state index is 0.181. The summed E-state index contributed by atoms with van der Waals surface area (Å²) in [4.78, 5) is 4.38. The molecule has 6 heteroatoms. The van der Waals surface area contributed by atoms with Gasteiger partial charge in [-0.2, -0.15) is 4.98 Å². The Hall–Kier alpha value is -1.10. The molecule has 1 fully saturated rings. The summed E-state index contributed by atoms with van der Waals surface area (Å²) < 4.78 is 5.25. The van der Waals surface area contributed by atoms with Gasteiger partial charge in [-0.3, -0.25) is 0 Å². The van der Waals surface area contributed by atoms with Crippen LogP contribution in [0.1, 0.15) is 24.7 Å². The van der Waals surface area contributed by atoms with Crippen LogP contribution in [-0.4, -0.2) is 16.7 Å². The van der Waals surface area contributed by atoms with E-state index in [0.717, 1.165) is 19.4 Å². The van der Waals surface area contributed by atoms with Crippen molar-refractivity contribution in [2.75, 3.05) is 6.54 Å². The molecule has 1 aromatic carbocycles. The molecular weight excluding hydrogens is 273 g/mol. The lowest BCUT2D eigenvalue weighted by Crippen LogP contribution is -2.14. The summed E-state index contributed by atoms with van der Waals surface area (Å²) in [6.07, 6.45) is 2.16. The maximum Gasteiger partial charge on any atom is 0.259 e. The lowest BCUT2D eigenvalue weighted by molar-refractivity contribution is 0.412. The molecule has 1 atom stereocenters. The predicted molar refractivity (Wildman–Crippen MR) is 69.7 cm³/mol. The van der Waals surface area contributed by atoms with Crippen LogP contribution in [0.4, 0.5) is 0 Å². The molecule has 18 heavy (non-hydrogen) atoms. The third-order valence-electron chi connectivity index (χ3n) is 3.00. The maximum atomic E-state index is 6.12. The van der Waals surface area contributed by atoms with Gasteiger partial charge in [-0.25, -0.2) is 0 Å². The van der Waals surface area contributed by atoms with Gasteiger partial charge in [-0.15, -0.1) is 0 Å². The highest BCUT2D eigenvalue weighted by Gasteiger charge is 2.22. The van der Waals surface area contributed by atoms with Gasteiger partial charge in [0.15, 0.2) is 5.82 Å². The number of nitrogens with zero attached hydrogens (tertiary/aromatic N) is 2. The number of hydrogen-bond acceptors (Lipinski definition) is 4. The van der Waals surface area contributed by atoms with Gasteiger partial charge in [0.05, 0.1) is 21.7 Å². The molecule has 1 aromatic heterocycles. The molecule has 1 aliphatic heterocycles. The van der Waals surface area contributed by atoms with Crippen molar-refractivity contribution in [2.45, 2.75) is 18.9 Å². The zero-order valence-corrected chi connectivity index (χ0v) is 11.0. The molecule has 0 radical (unpaired) electrons. The van der Waals surface area contributed by atoms with Crippen LogP contribution in [0.15, 0.2) is 22.7 Å². The largest absolute Gasteiger partial charge is 0.334 e. The van der Waals surface area contributed by atoms with Gasteiger partial charge in [0.2, 0.25) is 0 Å². The lowest BCUT2D eigenvalue weighted by atomic mass is 10.2. The second-order valence-electron chi connectivity index (χ2n) is 4.21. The molecule has 0 amide bonds. The van der Waals surface area contributed by atoms with E-state index in [1.807, 2.05) is 6.07 Å². The Morgan fingerprint density at radius 3 is 3.00 bits per heavy atom. The summed E-state index contributed by atoms with van der Waals surface area (Å²) in [5, 5.41) is 8.23. The van der Waals surface area contributed by atoms with Gasteiger partial charge in [0.1, 0.15) is 0 Å². The first kappa shape index (κ1) is 12.0. The Kier molecular flexibility index (Phi) is 3.24. The quantitative estimate of drug-likeness (QED) is 0.917. The van der Waals surface area contributed by atoms with Crippen molar-refractivity contribution < 1.29 is 4.52 Å². The van der Waals surface area contributed by atoms with Crippen molar-refractivity contribution >= 4 is 23.2 Å². The van der Waals surface area contributed by atoms with Gasteiger partial charge in [-0.1, -0.05) is 34.4 Å². The second-order valence-corrected chi connectivity index (χ2v) is 4.99. The number of hydrogen-bond donors (Lipinski definition) is 1. The zero-order valence-electron chi connectivity index (χ0n) is 9.49. The first-order valence-corrected chi connectivity index (χ1v) is 6.52. The first-order chi connectivity index (χ1) is 8.75. The van der Waals surface area contributed by atoms with Crippen molar-refractivity contribution in [1.82, 2.24) is 15.5 Å². The summed E-state index contributed by atoms with van der Waals surface area (Å²) >= 11 is 12.1. The molecule has 0 aliphatic carbocycles. The van der Waals surface area contributed by atoms with Gasteiger partial charge < -0.3 is 9.84 Å². The Balaban J connectivity index is 1.95. The Bertz CT molecular complexity index is 564. The van der Waals surface area contributed by atoms with Gasteiger partial charge in [0.25, 0.3) is 5.89 Å². The summed E-state index contributed by atoms with van der Waals surface area (Å²) in [6.45, 7) is 0.993. The minimum absolute atomic E-state index is 0.181. The predicted octanol–water partition coefficient (Wildman–Crippen LogP) is 3.47. The molecule has 1 aliphatic rings. The van der Waals surface area contributed by atoms with Crippen molar-refractivity contribution in [1.29, 1.82) is 0 Å². The third-order valence-corrected chi connectivity index (χ3v) is 3.81. The van der Waals surface area contributed by atoms with E-state index < -0.39 is 0 Å². The van der Waals surface area contributed by atoms with Crippen molar-refractivity contribution in [3.05, 3.63) is 34.1 Å². The molecule has 1 N–H and O–H groups in total. The number of benzene rings is 1. The van der Waals surface area contributed by atoms with Gasteiger partial charge in [0, 0.05) is 0 Å². The number of rotatable bonds is 2. The van der Waals surface area contributed by atoms with Crippen LogP contribution in [0.2, 0.25) is 10.0 Å². The fourth-order valence-electron chi connectivity index (χ4n) is 2.06. The highest BCUT2D eigenvalue weighted by atomic mass is 35.5. The molecule has 2 heterocycles.